The minimum absolute atomic E-state index is 0.509. The van der Waals surface area contributed by atoms with E-state index < -0.39 is 17.5 Å². The fourth-order valence-electron chi connectivity index (χ4n) is 2.96. The average Bonchev–Trinajstić information content (AvgIpc) is 2.77. The first kappa shape index (κ1) is 19.1. The first-order valence-electron chi connectivity index (χ1n) is 8.82. The van der Waals surface area contributed by atoms with Gasteiger partial charge in [0.2, 0.25) is 0 Å². The summed E-state index contributed by atoms with van der Waals surface area (Å²) in [5.41, 5.74) is 0.168. The zero-order valence-corrected chi connectivity index (χ0v) is 15.4. The Labute approximate surface area is 164 Å². The molecule has 0 amide bonds. The molecule has 0 atom stereocenters. The van der Waals surface area contributed by atoms with Crippen molar-refractivity contribution in [3.05, 3.63) is 114 Å². The first-order valence-corrected chi connectivity index (χ1v) is 8.82. The Morgan fingerprint density at radius 1 is 0.750 bits per heavy atom. The van der Waals surface area contributed by atoms with Crippen molar-refractivity contribution < 1.29 is 19.1 Å². The lowest BCUT2D eigenvalue weighted by Gasteiger charge is -2.31. The summed E-state index contributed by atoms with van der Waals surface area (Å²) in [7, 11) is 1.27. The lowest BCUT2D eigenvalue weighted by Crippen LogP contribution is -2.42. The smallest absolute Gasteiger partial charge is 0.359 e. The fourth-order valence-corrected chi connectivity index (χ4v) is 2.96. The van der Waals surface area contributed by atoms with Crippen LogP contribution in [0.4, 0.5) is 0 Å². The molecule has 0 aliphatic carbocycles. The Balaban J connectivity index is 2.04. The van der Waals surface area contributed by atoms with Gasteiger partial charge in [-0.2, -0.15) is 0 Å². The van der Waals surface area contributed by atoms with Crippen LogP contribution < -0.4 is 0 Å². The van der Waals surface area contributed by atoms with Crippen LogP contribution in [0.1, 0.15) is 16.7 Å². The second-order valence-corrected chi connectivity index (χ2v) is 6.07. The van der Waals surface area contributed by atoms with Gasteiger partial charge in [0.1, 0.15) is 0 Å². The van der Waals surface area contributed by atoms with Crippen molar-refractivity contribution in [3.8, 4) is 0 Å². The molecule has 3 aromatic carbocycles. The Bertz CT molecular complexity index is 908. The molecule has 0 unspecified atom stereocenters. The van der Waals surface area contributed by atoms with E-state index in [0.29, 0.717) is 11.1 Å². The predicted octanol–water partition coefficient (Wildman–Crippen LogP) is 4.36. The molecule has 140 valence electrons. The topological polar surface area (TPSA) is 52.6 Å². The van der Waals surface area contributed by atoms with Gasteiger partial charge >= 0.3 is 11.9 Å². The van der Waals surface area contributed by atoms with Crippen molar-refractivity contribution in [3.63, 3.8) is 0 Å². The first-order chi connectivity index (χ1) is 13.7. The predicted molar refractivity (Wildman–Crippen MR) is 107 cm³/mol. The van der Waals surface area contributed by atoms with Gasteiger partial charge < -0.3 is 9.47 Å². The van der Waals surface area contributed by atoms with E-state index in [2.05, 4.69) is 0 Å². The number of ether oxygens (including phenoxy) is 2. The third kappa shape index (κ3) is 4.01. The highest BCUT2D eigenvalue weighted by Gasteiger charge is 2.47. The van der Waals surface area contributed by atoms with E-state index in [1.165, 1.54) is 13.2 Å². The van der Waals surface area contributed by atoms with Crippen LogP contribution >= 0.6 is 0 Å². The average molecular weight is 372 g/mol. The van der Waals surface area contributed by atoms with Gasteiger partial charge in [-0.05, 0) is 11.6 Å². The third-order valence-corrected chi connectivity index (χ3v) is 4.30. The molecular formula is C24H20O4. The Morgan fingerprint density at radius 3 is 1.68 bits per heavy atom. The number of hydrogen-bond donors (Lipinski definition) is 0. The summed E-state index contributed by atoms with van der Waals surface area (Å²) in [5.74, 6) is -1.33. The molecule has 0 aromatic heterocycles. The SMILES string of the molecule is COC(=O)C(OC(=O)/C=C/c1ccccc1)(c1ccccc1)c1ccccc1. The van der Waals surface area contributed by atoms with Crippen molar-refractivity contribution in [1.29, 1.82) is 0 Å². The monoisotopic (exact) mass is 372 g/mol. The van der Waals surface area contributed by atoms with Gasteiger partial charge in [-0.15, -0.1) is 0 Å². The summed E-state index contributed by atoms with van der Waals surface area (Å²) < 4.78 is 10.8. The summed E-state index contributed by atoms with van der Waals surface area (Å²) in [5, 5.41) is 0. The summed E-state index contributed by atoms with van der Waals surface area (Å²) >= 11 is 0. The zero-order chi connectivity index (χ0) is 19.8. The molecule has 0 bridgehead atoms. The Morgan fingerprint density at radius 2 is 1.21 bits per heavy atom. The molecule has 0 aliphatic rings. The van der Waals surface area contributed by atoms with Gasteiger partial charge in [0, 0.05) is 17.2 Å². The van der Waals surface area contributed by atoms with Crippen LogP contribution in [0.15, 0.2) is 97.1 Å². The molecule has 4 nitrogen and oxygen atoms in total. The molecule has 0 N–H and O–H groups in total. The van der Waals surface area contributed by atoms with E-state index in [1.54, 1.807) is 54.6 Å². The van der Waals surface area contributed by atoms with Gasteiger partial charge in [-0.25, -0.2) is 9.59 Å². The molecule has 0 radical (unpaired) electrons. The number of esters is 2. The minimum Gasteiger partial charge on any atom is -0.466 e. The Kier molecular flexibility index (Phi) is 6.02. The van der Waals surface area contributed by atoms with E-state index in [1.807, 2.05) is 42.5 Å². The van der Waals surface area contributed by atoms with Crippen LogP contribution in [0.2, 0.25) is 0 Å². The van der Waals surface area contributed by atoms with E-state index >= 15 is 0 Å². The van der Waals surface area contributed by atoms with Crippen molar-refractivity contribution in [2.24, 2.45) is 0 Å². The second-order valence-electron chi connectivity index (χ2n) is 6.07. The number of benzene rings is 3. The van der Waals surface area contributed by atoms with Gasteiger partial charge in [0.05, 0.1) is 7.11 Å². The molecule has 0 heterocycles. The van der Waals surface area contributed by atoms with E-state index in [0.717, 1.165) is 5.56 Å². The molecular weight excluding hydrogens is 352 g/mol. The number of hydrogen-bond acceptors (Lipinski definition) is 4. The van der Waals surface area contributed by atoms with Crippen molar-refractivity contribution in [2.75, 3.05) is 7.11 Å². The minimum atomic E-state index is -1.70. The molecule has 0 fully saturated rings. The summed E-state index contributed by atoms with van der Waals surface area (Å²) in [6, 6.07) is 27.1. The molecule has 0 aliphatic heterocycles. The highest BCUT2D eigenvalue weighted by Crippen LogP contribution is 2.35. The maximum atomic E-state index is 12.9. The number of carbonyl (C=O) groups is 2. The van der Waals surface area contributed by atoms with Crippen LogP contribution in [0.3, 0.4) is 0 Å². The van der Waals surface area contributed by atoms with Crippen molar-refractivity contribution >= 4 is 18.0 Å². The molecule has 28 heavy (non-hydrogen) atoms. The third-order valence-electron chi connectivity index (χ3n) is 4.30. The maximum absolute atomic E-state index is 12.9. The lowest BCUT2D eigenvalue weighted by molar-refractivity contribution is -0.174. The van der Waals surface area contributed by atoms with Crippen LogP contribution in [-0.2, 0) is 24.7 Å². The normalized spacial score (nSPS) is 11.2. The number of rotatable bonds is 6. The van der Waals surface area contributed by atoms with Crippen LogP contribution in [-0.4, -0.2) is 19.0 Å². The lowest BCUT2D eigenvalue weighted by atomic mass is 9.86. The van der Waals surface area contributed by atoms with Crippen molar-refractivity contribution in [2.45, 2.75) is 5.60 Å². The van der Waals surface area contributed by atoms with Crippen LogP contribution in [0, 0.1) is 0 Å². The molecule has 0 saturated heterocycles. The second kappa shape index (κ2) is 8.82. The van der Waals surface area contributed by atoms with E-state index in [4.69, 9.17) is 9.47 Å². The largest absolute Gasteiger partial charge is 0.466 e. The summed E-state index contributed by atoms with van der Waals surface area (Å²) in [4.78, 5) is 25.6. The summed E-state index contributed by atoms with van der Waals surface area (Å²) in [6.07, 6.45) is 2.94. The van der Waals surface area contributed by atoms with Gasteiger partial charge in [-0.3, -0.25) is 0 Å². The highest BCUT2D eigenvalue weighted by molar-refractivity contribution is 5.93. The molecule has 3 rings (SSSR count). The van der Waals surface area contributed by atoms with E-state index in [-0.39, 0.29) is 0 Å². The van der Waals surface area contributed by atoms with Gasteiger partial charge in [0.15, 0.2) is 0 Å². The standard InChI is InChI=1S/C24H20O4/c1-27-23(26)24(20-13-7-3-8-14-20,21-15-9-4-10-16-21)28-22(25)18-17-19-11-5-2-6-12-19/h2-18H,1H3/b18-17+. The highest BCUT2D eigenvalue weighted by atomic mass is 16.6. The maximum Gasteiger partial charge on any atom is 0.359 e. The molecule has 4 heteroatoms. The van der Waals surface area contributed by atoms with Crippen LogP contribution in [0.5, 0.6) is 0 Å². The molecule has 0 spiro atoms. The van der Waals surface area contributed by atoms with Gasteiger partial charge in [-0.1, -0.05) is 91.0 Å². The molecule has 3 aromatic rings. The van der Waals surface area contributed by atoms with E-state index in [9.17, 15) is 9.59 Å². The molecule has 0 saturated carbocycles. The number of carbonyl (C=O) groups excluding carboxylic acids is 2. The number of methoxy groups -OCH3 is 1. The fraction of sp³-hybridized carbons (Fsp3) is 0.0833. The van der Waals surface area contributed by atoms with Crippen molar-refractivity contribution in [1.82, 2.24) is 0 Å². The zero-order valence-electron chi connectivity index (χ0n) is 15.4. The summed E-state index contributed by atoms with van der Waals surface area (Å²) in [6.45, 7) is 0. The quantitative estimate of drug-likeness (QED) is 0.477. The van der Waals surface area contributed by atoms with Gasteiger partial charge in [0.25, 0.3) is 5.60 Å². The van der Waals surface area contributed by atoms with Crippen LogP contribution in [0.25, 0.3) is 6.08 Å². The Hall–Kier alpha value is -3.66.